The van der Waals surface area contributed by atoms with Gasteiger partial charge in [-0.05, 0) is 42.7 Å². The van der Waals surface area contributed by atoms with Crippen molar-refractivity contribution in [1.82, 2.24) is 14.1 Å². The summed E-state index contributed by atoms with van der Waals surface area (Å²) in [5, 5.41) is 7.10. The summed E-state index contributed by atoms with van der Waals surface area (Å²) in [6.07, 6.45) is 8.44. The maximum Gasteiger partial charge on any atom is 0.255 e. The van der Waals surface area contributed by atoms with Crippen molar-refractivity contribution in [3.63, 3.8) is 0 Å². The van der Waals surface area contributed by atoms with E-state index < -0.39 is 10.0 Å². The molecular weight excluding hydrogens is 424 g/mol. The second kappa shape index (κ2) is 9.67. The quantitative estimate of drug-likeness (QED) is 0.584. The van der Waals surface area contributed by atoms with Crippen LogP contribution in [0.1, 0.15) is 48.0 Å². The van der Waals surface area contributed by atoms with Gasteiger partial charge in [0, 0.05) is 24.8 Å². The molecule has 168 valence electrons. The van der Waals surface area contributed by atoms with Crippen molar-refractivity contribution >= 4 is 21.6 Å². The molecule has 1 aliphatic carbocycles. The van der Waals surface area contributed by atoms with Crippen LogP contribution in [0.15, 0.2) is 71.9 Å². The minimum Gasteiger partial charge on any atom is -0.319 e. The van der Waals surface area contributed by atoms with Crippen molar-refractivity contribution in [3.8, 4) is 0 Å². The average molecular weight is 453 g/mol. The van der Waals surface area contributed by atoms with E-state index in [-0.39, 0.29) is 16.8 Å². The number of amides is 1. The Morgan fingerprint density at radius 2 is 1.75 bits per heavy atom. The molecule has 1 aliphatic rings. The molecule has 1 N–H and O–H groups in total. The van der Waals surface area contributed by atoms with Gasteiger partial charge in [0.2, 0.25) is 10.0 Å². The molecule has 1 amide bonds. The molecule has 4 rings (SSSR count). The van der Waals surface area contributed by atoms with Gasteiger partial charge >= 0.3 is 0 Å². The Hall–Kier alpha value is -2.97. The van der Waals surface area contributed by atoms with Gasteiger partial charge in [-0.2, -0.15) is 9.40 Å². The van der Waals surface area contributed by atoms with Crippen LogP contribution in [0.3, 0.4) is 0 Å². The maximum atomic E-state index is 13.0. The first kappa shape index (κ1) is 22.2. The van der Waals surface area contributed by atoms with E-state index in [1.165, 1.54) is 22.9 Å². The van der Waals surface area contributed by atoms with E-state index in [0.29, 0.717) is 17.8 Å². The van der Waals surface area contributed by atoms with Crippen LogP contribution in [0, 0.1) is 0 Å². The second-order valence-electron chi connectivity index (χ2n) is 8.20. The van der Waals surface area contributed by atoms with Gasteiger partial charge in [-0.15, -0.1) is 0 Å². The fourth-order valence-corrected chi connectivity index (χ4v) is 5.49. The molecule has 0 radical (unpaired) electrons. The van der Waals surface area contributed by atoms with E-state index in [2.05, 4.69) is 10.4 Å². The predicted octanol–water partition coefficient (Wildman–Crippen LogP) is 4.14. The molecule has 1 aromatic heterocycles. The van der Waals surface area contributed by atoms with Crippen molar-refractivity contribution in [3.05, 3.63) is 78.1 Å². The first-order chi connectivity index (χ1) is 15.4. The van der Waals surface area contributed by atoms with Crippen LogP contribution >= 0.6 is 0 Å². The highest BCUT2D eigenvalue weighted by atomic mass is 32.2. The van der Waals surface area contributed by atoms with E-state index >= 15 is 0 Å². The summed E-state index contributed by atoms with van der Waals surface area (Å²) < 4.78 is 29.2. The first-order valence-electron chi connectivity index (χ1n) is 10.9. The number of benzene rings is 2. The Labute approximate surface area is 189 Å². The summed E-state index contributed by atoms with van der Waals surface area (Å²) in [4.78, 5) is 12.8. The largest absolute Gasteiger partial charge is 0.319 e. The minimum absolute atomic E-state index is 0.0455. The molecule has 8 heteroatoms. The van der Waals surface area contributed by atoms with E-state index in [0.717, 1.165) is 31.2 Å². The SMILES string of the molecule is CN(C1CCCCC1)S(=O)(=O)c1ccc(C(=O)Nc2cnn(Cc3ccccc3)c2)cc1. The number of anilines is 1. The van der Waals surface area contributed by atoms with E-state index in [9.17, 15) is 13.2 Å². The zero-order chi connectivity index (χ0) is 22.6. The van der Waals surface area contributed by atoms with E-state index in [1.807, 2.05) is 30.3 Å². The van der Waals surface area contributed by atoms with Gasteiger partial charge in [-0.3, -0.25) is 9.48 Å². The van der Waals surface area contributed by atoms with Gasteiger partial charge in [0.15, 0.2) is 0 Å². The molecule has 0 atom stereocenters. The fourth-order valence-electron chi connectivity index (χ4n) is 4.07. The molecule has 0 spiro atoms. The summed E-state index contributed by atoms with van der Waals surface area (Å²) in [6, 6.07) is 16.1. The fraction of sp³-hybridized carbons (Fsp3) is 0.333. The number of nitrogens with zero attached hydrogens (tertiary/aromatic N) is 3. The lowest BCUT2D eigenvalue weighted by molar-refractivity contribution is 0.102. The van der Waals surface area contributed by atoms with Crippen molar-refractivity contribution < 1.29 is 13.2 Å². The van der Waals surface area contributed by atoms with Gasteiger partial charge in [0.05, 0.1) is 23.3 Å². The number of carbonyl (C=O) groups excluding carboxylic acids is 1. The summed E-state index contributed by atoms with van der Waals surface area (Å²) >= 11 is 0. The summed E-state index contributed by atoms with van der Waals surface area (Å²) in [7, 11) is -1.93. The standard InChI is InChI=1S/C24H28N4O3S/c1-27(22-10-6-3-7-11-22)32(30,31)23-14-12-20(13-15-23)24(29)26-21-16-25-28(18-21)17-19-8-4-2-5-9-19/h2,4-5,8-9,12-16,18,22H,3,6-7,10-11,17H2,1H3,(H,26,29). The predicted molar refractivity (Wildman–Crippen MR) is 124 cm³/mol. The monoisotopic (exact) mass is 452 g/mol. The summed E-state index contributed by atoms with van der Waals surface area (Å²) in [5.41, 5.74) is 2.09. The number of hydrogen-bond donors (Lipinski definition) is 1. The van der Waals surface area contributed by atoms with Crippen molar-refractivity contribution in [2.45, 2.75) is 49.6 Å². The molecule has 1 heterocycles. The number of rotatable bonds is 7. The molecule has 0 saturated heterocycles. The Bertz CT molecular complexity index is 1150. The van der Waals surface area contributed by atoms with Crippen LogP contribution in [-0.2, 0) is 16.6 Å². The number of nitrogens with one attached hydrogen (secondary N) is 1. The summed E-state index contributed by atoms with van der Waals surface area (Å²) in [6.45, 7) is 0.609. The van der Waals surface area contributed by atoms with Crippen molar-refractivity contribution in [1.29, 1.82) is 0 Å². The third-order valence-electron chi connectivity index (χ3n) is 5.96. The van der Waals surface area contributed by atoms with Crippen LogP contribution in [0.4, 0.5) is 5.69 Å². The van der Waals surface area contributed by atoms with Gasteiger partial charge in [0.25, 0.3) is 5.91 Å². The minimum atomic E-state index is -3.58. The number of sulfonamides is 1. The lowest BCUT2D eigenvalue weighted by atomic mass is 9.96. The van der Waals surface area contributed by atoms with E-state index in [1.54, 1.807) is 36.3 Å². The number of hydrogen-bond acceptors (Lipinski definition) is 4. The van der Waals surface area contributed by atoms with E-state index in [4.69, 9.17) is 0 Å². The molecule has 3 aromatic rings. The Balaban J connectivity index is 1.40. The molecule has 0 unspecified atom stereocenters. The molecule has 1 fully saturated rings. The molecule has 7 nitrogen and oxygen atoms in total. The van der Waals surface area contributed by atoms with Crippen LogP contribution in [-0.4, -0.2) is 41.5 Å². The maximum absolute atomic E-state index is 13.0. The highest BCUT2D eigenvalue weighted by molar-refractivity contribution is 7.89. The molecule has 0 bridgehead atoms. The summed E-state index contributed by atoms with van der Waals surface area (Å²) in [5.74, 6) is -0.311. The van der Waals surface area contributed by atoms with Gasteiger partial charge in [-0.1, -0.05) is 49.6 Å². The van der Waals surface area contributed by atoms with Crippen LogP contribution in [0.5, 0.6) is 0 Å². The molecular formula is C24H28N4O3S. The smallest absolute Gasteiger partial charge is 0.255 e. The highest BCUT2D eigenvalue weighted by Gasteiger charge is 2.29. The Morgan fingerprint density at radius 3 is 2.44 bits per heavy atom. The third kappa shape index (κ3) is 5.08. The molecule has 2 aromatic carbocycles. The van der Waals surface area contributed by atoms with Crippen molar-refractivity contribution in [2.24, 2.45) is 0 Å². The third-order valence-corrected chi connectivity index (χ3v) is 7.89. The average Bonchev–Trinajstić information content (AvgIpc) is 3.26. The second-order valence-corrected chi connectivity index (χ2v) is 10.2. The lowest BCUT2D eigenvalue weighted by Gasteiger charge is -2.30. The topological polar surface area (TPSA) is 84.3 Å². The van der Waals surface area contributed by atoms with Crippen LogP contribution in [0.2, 0.25) is 0 Å². The number of aromatic nitrogens is 2. The zero-order valence-electron chi connectivity index (χ0n) is 18.1. The van der Waals surface area contributed by atoms with Gasteiger partial charge < -0.3 is 5.32 Å². The van der Waals surface area contributed by atoms with Crippen molar-refractivity contribution in [2.75, 3.05) is 12.4 Å². The van der Waals surface area contributed by atoms with Gasteiger partial charge in [-0.25, -0.2) is 8.42 Å². The molecule has 0 aliphatic heterocycles. The van der Waals surface area contributed by atoms with Crippen LogP contribution in [0.25, 0.3) is 0 Å². The molecule has 32 heavy (non-hydrogen) atoms. The normalized spacial score (nSPS) is 15.1. The molecule has 1 saturated carbocycles. The van der Waals surface area contributed by atoms with Gasteiger partial charge in [0.1, 0.15) is 0 Å². The van der Waals surface area contributed by atoms with Crippen LogP contribution < -0.4 is 5.32 Å². The Morgan fingerprint density at radius 1 is 1.06 bits per heavy atom. The zero-order valence-corrected chi connectivity index (χ0v) is 19.0. The first-order valence-corrected chi connectivity index (χ1v) is 12.3. The Kier molecular flexibility index (Phi) is 6.72. The number of carbonyl (C=O) groups is 1. The highest BCUT2D eigenvalue weighted by Crippen LogP contribution is 2.26. The lowest BCUT2D eigenvalue weighted by Crippen LogP contribution is -2.38.